The maximum absolute atomic E-state index is 8.91. The van der Waals surface area contributed by atoms with Crippen LogP contribution in [-0.2, 0) is 12.8 Å². The highest BCUT2D eigenvalue weighted by Crippen LogP contribution is 2.35. The van der Waals surface area contributed by atoms with Gasteiger partial charge in [0.05, 0.1) is 13.2 Å². The molecule has 0 atom stereocenters. The van der Waals surface area contributed by atoms with Crippen LogP contribution in [0.4, 0.5) is 0 Å². The van der Waals surface area contributed by atoms with Crippen LogP contribution in [0.5, 0.6) is 11.5 Å². The lowest BCUT2D eigenvalue weighted by Gasteiger charge is -2.07. The summed E-state index contributed by atoms with van der Waals surface area (Å²) in [4.78, 5) is 2.75. The minimum atomic E-state index is 0.277. The van der Waals surface area contributed by atoms with Gasteiger partial charge in [0.15, 0.2) is 0 Å². The van der Waals surface area contributed by atoms with E-state index >= 15 is 0 Å². The zero-order valence-corrected chi connectivity index (χ0v) is 28.6. The van der Waals surface area contributed by atoms with Crippen LogP contribution in [0.15, 0.2) is 48.5 Å². The zero-order valence-electron chi connectivity index (χ0n) is 27.8. The highest BCUT2D eigenvalue weighted by molar-refractivity contribution is 7.14. The van der Waals surface area contributed by atoms with Gasteiger partial charge in [-0.05, 0) is 123 Å². The van der Waals surface area contributed by atoms with Crippen LogP contribution >= 0.6 is 11.3 Å². The predicted molar refractivity (Wildman–Crippen MR) is 194 cm³/mol. The third kappa shape index (κ3) is 14.0. The Balaban J connectivity index is 1.69. The molecule has 0 saturated carbocycles. The van der Waals surface area contributed by atoms with Crippen molar-refractivity contribution in [3.8, 4) is 11.5 Å². The van der Waals surface area contributed by atoms with E-state index in [9.17, 15) is 0 Å². The molecule has 2 N–H and O–H groups in total. The van der Waals surface area contributed by atoms with Crippen molar-refractivity contribution < 1.29 is 19.7 Å². The number of benzene rings is 2. The molecule has 0 amide bonds. The molecule has 4 nitrogen and oxygen atoms in total. The Morgan fingerprint density at radius 1 is 0.511 bits per heavy atom. The first-order valence-electron chi connectivity index (χ1n) is 17.4. The minimum absolute atomic E-state index is 0.277. The molecule has 1 heterocycles. The number of hydrogen-bond acceptors (Lipinski definition) is 5. The molecule has 1 aromatic heterocycles. The second-order valence-electron chi connectivity index (χ2n) is 11.8. The Morgan fingerprint density at radius 3 is 1.29 bits per heavy atom. The van der Waals surface area contributed by atoms with E-state index in [-0.39, 0.29) is 13.2 Å². The van der Waals surface area contributed by atoms with Crippen LogP contribution in [0.1, 0.15) is 123 Å². The molecule has 0 spiro atoms. The fourth-order valence-corrected chi connectivity index (χ4v) is 6.48. The normalized spacial score (nSPS) is 11.6. The topological polar surface area (TPSA) is 58.9 Å². The van der Waals surface area contributed by atoms with Crippen molar-refractivity contribution in [2.75, 3.05) is 26.4 Å². The summed E-state index contributed by atoms with van der Waals surface area (Å²) in [6, 6.07) is 16.8. The number of rotatable bonds is 24. The summed E-state index contributed by atoms with van der Waals surface area (Å²) in [6.07, 6.45) is 24.2. The van der Waals surface area contributed by atoms with Crippen LogP contribution in [0.3, 0.4) is 0 Å². The molecule has 0 unspecified atom stereocenters. The van der Waals surface area contributed by atoms with Gasteiger partial charge < -0.3 is 19.7 Å². The van der Waals surface area contributed by atoms with Gasteiger partial charge >= 0.3 is 0 Å². The van der Waals surface area contributed by atoms with E-state index in [0.29, 0.717) is 0 Å². The monoisotopic (exact) mass is 632 g/mol. The van der Waals surface area contributed by atoms with E-state index in [2.05, 4.69) is 86.7 Å². The zero-order chi connectivity index (χ0) is 32.0. The molecule has 3 rings (SSSR count). The van der Waals surface area contributed by atoms with Crippen molar-refractivity contribution in [1.82, 2.24) is 0 Å². The van der Waals surface area contributed by atoms with Gasteiger partial charge in [0.2, 0.25) is 0 Å². The SMILES string of the molecule is CCCCc1c(/C=C/c2ccc(OCCCCCCO)cc2)sc(/C=C/c2ccc(OCCCCCCO)cc2)c1CCCC. The first kappa shape index (κ1) is 36.6. The van der Waals surface area contributed by atoms with Crippen LogP contribution < -0.4 is 9.47 Å². The van der Waals surface area contributed by atoms with Crippen molar-refractivity contribution in [3.05, 3.63) is 80.5 Å². The molecule has 0 aliphatic rings. The van der Waals surface area contributed by atoms with Crippen LogP contribution in [-0.4, -0.2) is 36.6 Å². The molecule has 45 heavy (non-hydrogen) atoms. The quantitative estimate of drug-likeness (QED) is 0.0965. The second kappa shape index (κ2) is 22.6. The number of aliphatic hydroxyl groups is 2. The summed E-state index contributed by atoms with van der Waals surface area (Å²) in [5.74, 6) is 1.83. The molecular weight excluding hydrogens is 577 g/mol. The molecule has 2 aromatic carbocycles. The van der Waals surface area contributed by atoms with E-state index in [1.54, 1.807) is 0 Å². The molecule has 0 aliphatic carbocycles. The number of aliphatic hydroxyl groups excluding tert-OH is 2. The Morgan fingerprint density at radius 2 is 0.911 bits per heavy atom. The van der Waals surface area contributed by atoms with Crippen molar-refractivity contribution in [3.63, 3.8) is 0 Å². The van der Waals surface area contributed by atoms with Crippen LogP contribution in [0, 0.1) is 0 Å². The van der Waals surface area contributed by atoms with E-state index in [4.69, 9.17) is 19.7 Å². The van der Waals surface area contributed by atoms with E-state index in [0.717, 1.165) is 88.9 Å². The van der Waals surface area contributed by atoms with Gasteiger partial charge in [-0.3, -0.25) is 0 Å². The maximum atomic E-state index is 8.91. The fourth-order valence-electron chi connectivity index (χ4n) is 5.27. The van der Waals surface area contributed by atoms with E-state index in [1.807, 2.05) is 11.3 Å². The molecule has 246 valence electrons. The lowest BCUT2D eigenvalue weighted by Crippen LogP contribution is -1.97. The van der Waals surface area contributed by atoms with Gasteiger partial charge in [-0.15, -0.1) is 11.3 Å². The van der Waals surface area contributed by atoms with Gasteiger partial charge in [-0.2, -0.15) is 0 Å². The average molecular weight is 633 g/mol. The average Bonchev–Trinajstić information content (AvgIpc) is 3.40. The molecular formula is C40H56O4S. The molecule has 0 aliphatic heterocycles. The smallest absolute Gasteiger partial charge is 0.119 e. The fraction of sp³-hybridized carbons (Fsp3) is 0.500. The Hall–Kier alpha value is -2.86. The summed E-state index contributed by atoms with van der Waals surface area (Å²) in [5, 5.41) is 17.8. The Kier molecular flexibility index (Phi) is 18.4. The van der Waals surface area contributed by atoms with Gasteiger partial charge in [0, 0.05) is 23.0 Å². The lowest BCUT2D eigenvalue weighted by molar-refractivity contribution is 0.273. The number of ether oxygens (including phenoxy) is 2. The van der Waals surface area contributed by atoms with Crippen LogP contribution in [0.25, 0.3) is 24.3 Å². The van der Waals surface area contributed by atoms with Gasteiger partial charge in [0.25, 0.3) is 0 Å². The summed E-state index contributed by atoms with van der Waals surface area (Å²) in [5.41, 5.74) is 5.41. The van der Waals surface area contributed by atoms with Crippen molar-refractivity contribution in [2.24, 2.45) is 0 Å². The number of unbranched alkanes of at least 4 members (excludes halogenated alkanes) is 8. The van der Waals surface area contributed by atoms with E-state index < -0.39 is 0 Å². The van der Waals surface area contributed by atoms with Gasteiger partial charge in [-0.25, -0.2) is 0 Å². The van der Waals surface area contributed by atoms with Crippen LogP contribution in [0.2, 0.25) is 0 Å². The summed E-state index contributed by atoms with van der Waals surface area (Å²) >= 11 is 1.92. The number of hydrogen-bond donors (Lipinski definition) is 2. The molecule has 3 aromatic rings. The standard InChI is InChI=1S/C40H56O4S/c1-3-5-15-37-38(16-6-4-2)40(28-22-34-19-25-36(26-20-34)44-32-14-10-8-12-30-42)45-39(37)27-21-33-17-23-35(24-18-33)43-31-13-9-7-11-29-41/h17-28,41-42H,3-16,29-32H2,1-2H3/b27-21+,28-22+. The molecule has 0 radical (unpaired) electrons. The first-order chi connectivity index (χ1) is 22.2. The Bertz CT molecular complexity index is 1140. The van der Waals surface area contributed by atoms with Crippen molar-refractivity contribution in [1.29, 1.82) is 0 Å². The molecule has 0 fully saturated rings. The van der Waals surface area contributed by atoms with Crippen molar-refractivity contribution in [2.45, 2.75) is 104 Å². The lowest BCUT2D eigenvalue weighted by atomic mass is 9.97. The second-order valence-corrected chi connectivity index (χ2v) is 12.9. The van der Waals surface area contributed by atoms with Crippen molar-refractivity contribution >= 4 is 35.6 Å². The summed E-state index contributed by atoms with van der Waals surface area (Å²) in [6.45, 7) is 6.55. The third-order valence-electron chi connectivity index (χ3n) is 8.00. The predicted octanol–water partition coefficient (Wildman–Crippen LogP) is 10.6. The third-order valence-corrected chi connectivity index (χ3v) is 9.20. The van der Waals surface area contributed by atoms with E-state index in [1.165, 1.54) is 57.7 Å². The summed E-state index contributed by atoms with van der Waals surface area (Å²) < 4.78 is 11.8. The molecule has 0 bridgehead atoms. The maximum Gasteiger partial charge on any atom is 0.119 e. The minimum Gasteiger partial charge on any atom is -0.494 e. The largest absolute Gasteiger partial charge is 0.494 e. The van der Waals surface area contributed by atoms with Gasteiger partial charge in [0.1, 0.15) is 11.5 Å². The summed E-state index contributed by atoms with van der Waals surface area (Å²) in [7, 11) is 0. The molecule has 5 heteroatoms. The van der Waals surface area contributed by atoms with Gasteiger partial charge in [-0.1, -0.05) is 75.9 Å². The highest BCUT2D eigenvalue weighted by Gasteiger charge is 2.15. The Labute approximate surface area is 276 Å². The molecule has 0 saturated heterocycles. The number of thiophene rings is 1. The first-order valence-corrected chi connectivity index (χ1v) is 18.2. The highest BCUT2D eigenvalue weighted by atomic mass is 32.1.